The van der Waals surface area contributed by atoms with Crippen molar-refractivity contribution in [3.05, 3.63) is 46.5 Å². The van der Waals surface area contributed by atoms with E-state index in [1.807, 2.05) is 6.92 Å². The fourth-order valence-corrected chi connectivity index (χ4v) is 2.36. The number of phenols is 1. The second-order valence-electron chi connectivity index (χ2n) is 5.05. The zero-order valence-electron chi connectivity index (χ0n) is 14.6. The van der Waals surface area contributed by atoms with Gasteiger partial charge in [-0.3, -0.25) is 4.79 Å². The number of amides is 1. The second-order valence-corrected chi connectivity index (χ2v) is 5.46. The SMILES string of the molecule is CCOc1ccc(C(=O)N/N=C/c2cc(Cl)c(O)c(OC)c2)cc1OC. The highest BCUT2D eigenvalue weighted by molar-refractivity contribution is 6.32. The largest absolute Gasteiger partial charge is 0.503 e. The van der Waals surface area contributed by atoms with E-state index in [-0.39, 0.29) is 16.5 Å². The lowest BCUT2D eigenvalue weighted by Gasteiger charge is -2.10. The van der Waals surface area contributed by atoms with E-state index < -0.39 is 5.91 Å². The number of methoxy groups -OCH3 is 2. The normalized spacial score (nSPS) is 10.6. The molecule has 0 aliphatic heterocycles. The van der Waals surface area contributed by atoms with E-state index in [1.165, 1.54) is 32.6 Å². The minimum Gasteiger partial charge on any atom is -0.503 e. The van der Waals surface area contributed by atoms with Crippen LogP contribution in [-0.4, -0.2) is 38.1 Å². The molecule has 0 fully saturated rings. The van der Waals surface area contributed by atoms with Gasteiger partial charge in [0.2, 0.25) is 0 Å². The van der Waals surface area contributed by atoms with Gasteiger partial charge < -0.3 is 19.3 Å². The van der Waals surface area contributed by atoms with Gasteiger partial charge in [0.15, 0.2) is 23.0 Å². The second kappa shape index (κ2) is 8.96. The summed E-state index contributed by atoms with van der Waals surface area (Å²) in [6.07, 6.45) is 1.39. The fraction of sp³-hybridized carbons (Fsp3) is 0.222. The third-order valence-corrected chi connectivity index (χ3v) is 3.66. The van der Waals surface area contributed by atoms with Crippen molar-refractivity contribution in [1.29, 1.82) is 0 Å². The summed E-state index contributed by atoms with van der Waals surface area (Å²) < 4.78 is 15.6. The van der Waals surface area contributed by atoms with Crippen LogP contribution in [0.3, 0.4) is 0 Å². The maximum atomic E-state index is 12.2. The van der Waals surface area contributed by atoms with Crippen molar-refractivity contribution >= 4 is 23.7 Å². The Balaban J connectivity index is 2.11. The number of aromatic hydroxyl groups is 1. The number of ether oxygens (including phenoxy) is 3. The molecule has 138 valence electrons. The Morgan fingerprint density at radius 1 is 1.19 bits per heavy atom. The first-order chi connectivity index (χ1) is 12.5. The Labute approximate surface area is 156 Å². The first kappa shape index (κ1) is 19.4. The number of benzene rings is 2. The Morgan fingerprint density at radius 2 is 1.92 bits per heavy atom. The molecule has 0 radical (unpaired) electrons. The monoisotopic (exact) mass is 378 g/mol. The summed E-state index contributed by atoms with van der Waals surface area (Å²) in [7, 11) is 2.91. The number of hydrogen-bond donors (Lipinski definition) is 2. The van der Waals surface area contributed by atoms with Crippen LogP contribution in [0.25, 0.3) is 0 Å². The van der Waals surface area contributed by atoms with Gasteiger partial charge in [0.25, 0.3) is 5.91 Å². The molecule has 0 aliphatic rings. The smallest absolute Gasteiger partial charge is 0.271 e. The molecule has 2 aromatic carbocycles. The molecule has 0 atom stereocenters. The van der Waals surface area contributed by atoms with Gasteiger partial charge in [0.05, 0.1) is 32.1 Å². The molecular weight excluding hydrogens is 360 g/mol. The van der Waals surface area contributed by atoms with E-state index in [0.717, 1.165) is 0 Å². The topological polar surface area (TPSA) is 89.4 Å². The van der Waals surface area contributed by atoms with Crippen LogP contribution in [0.5, 0.6) is 23.0 Å². The van der Waals surface area contributed by atoms with Gasteiger partial charge in [-0.25, -0.2) is 5.43 Å². The van der Waals surface area contributed by atoms with E-state index in [4.69, 9.17) is 25.8 Å². The highest BCUT2D eigenvalue weighted by Gasteiger charge is 2.11. The van der Waals surface area contributed by atoms with Gasteiger partial charge in [-0.1, -0.05) is 11.6 Å². The van der Waals surface area contributed by atoms with Crippen LogP contribution in [0.2, 0.25) is 5.02 Å². The molecule has 0 bridgehead atoms. The summed E-state index contributed by atoms with van der Waals surface area (Å²) in [6.45, 7) is 2.35. The van der Waals surface area contributed by atoms with Crippen molar-refractivity contribution in [3.63, 3.8) is 0 Å². The third kappa shape index (κ3) is 4.58. The lowest BCUT2D eigenvalue weighted by atomic mass is 10.2. The molecule has 0 saturated heterocycles. The molecule has 2 rings (SSSR count). The van der Waals surface area contributed by atoms with Gasteiger partial charge >= 0.3 is 0 Å². The Bertz CT molecular complexity index is 823. The molecule has 0 heterocycles. The first-order valence-corrected chi connectivity index (χ1v) is 8.08. The van der Waals surface area contributed by atoms with Gasteiger partial charge in [0, 0.05) is 5.56 Å². The molecule has 7 nitrogen and oxygen atoms in total. The summed E-state index contributed by atoms with van der Waals surface area (Å²) in [6, 6.07) is 7.87. The molecular formula is C18H19ClN2O5. The van der Waals surface area contributed by atoms with E-state index in [1.54, 1.807) is 18.2 Å². The predicted molar refractivity (Wildman–Crippen MR) is 98.9 cm³/mol. The van der Waals surface area contributed by atoms with E-state index >= 15 is 0 Å². The summed E-state index contributed by atoms with van der Waals surface area (Å²) >= 11 is 5.90. The number of nitrogens with one attached hydrogen (secondary N) is 1. The van der Waals surface area contributed by atoms with Crippen molar-refractivity contribution in [1.82, 2.24) is 5.43 Å². The van der Waals surface area contributed by atoms with Gasteiger partial charge in [-0.15, -0.1) is 0 Å². The van der Waals surface area contributed by atoms with E-state index in [2.05, 4.69) is 10.5 Å². The maximum absolute atomic E-state index is 12.2. The average Bonchev–Trinajstić information content (AvgIpc) is 2.64. The zero-order chi connectivity index (χ0) is 19.1. The highest BCUT2D eigenvalue weighted by atomic mass is 35.5. The van der Waals surface area contributed by atoms with E-state index in [0.29, 0.717) is 29.2 Å². The van der Waals surface area contributed by atoms with Crippen LogP contribution < -0.4 is 19.6 Å². The lowest BCUT2D eigenvalue weighted by molar-refractivity contribution is 0.0954. The van der Waals surface area contributed by atoms with Crippen molar-refractivity contribution < 1.29 is 24.1 Å². The third-order valence-electron chi connectivity index (χ3n) is 3.38. The van der Waals surface area contributed by atoms with E-state index in [9.17, 15) is 9.90 Å². The number of rotatable bonds is 7. The average molecular weight is 379 g/mol. The van der Waals surface area contributed by atoms with Crippen molar-refractivity contribution in [3.8, 4) is 23.0 Å². The molecule has 1 amide bonds. The lowest BCUT2D eigenvalue weighted by Crippen LogP contribution is -2.17. The molecule has 0 unspecified atom stereocenters. The maximum Gasteiger partial charge on any atom is 0.271 e. The Kier molecular flexibility index (Phi) is 6.68. The number of hydrazone groups is 1. The number of halogens is 1. The molecule has 0 aromatic heterocycles. The number of phenolic OH excluding ortho intramolecular Hbond substituents is 1. The summed E-state index contributed by atoms with van der Waals surface area (Å²) in [5.74, 6) is 0.650. The Morgan fingerprint density at radius 3 is 2.58 bits per heavy atom. The summed E-state index contributed by atoms with van der Waals surface area (Å²) in [4.78, 5) is 12.2. The van der Waals surface area contributed by atoms with Crippen molar-refractivity contribution in [2.24, 2.45) is 5.10 Å². The van der Waals surface area contributed by atoms with Crippen LogP contribution in [-0.2, 0) is 0 Å². The summed E-state index contributed by atoms with van der Waals surface area (Å²) in [5, 5.41) is 13.7. The fourth-order valence-electron chi connectivity index (χ4n) is 2.14. The van der Waals surface area contributed by atoms with Crippen LogP contribution in [0.1, 0.15) is 22.8 Å². The van der Waals surface area contributed by atoms with Crippen molar-refractivity contribution in [2.45, 2.75) is 6.92 Å². The number of carbonyl (C=O) groups is 1. The Hall–Kier alpha value is -2.93. The highest BCUT2D eigenvalue weighted by Crippen LogP contribution is 2.34. The molecule has 0 spiro atoms. The van der Waals surface area contributed by atoms with Crippen LogP contribution >= 0.6 is 11.6 Å². The van der Waals surface area contributed by atoms with Gasteiger partial charge in [-0.05, 0) is 42.8 Å². The standard InChI is InChI=1S/C18H19ClN2O5/c1-4-26-14-6-5-12(9-15(14)24-2)18(23)21-20-10-11-7-13(19)17(22)16(8-11)25-3/h5-10,22H,4H2,1-3H3,(H,21,23)/b20-10+. The summed E-state index contributed by atoms with van der Waals surface area (Å²) in [5.41, 5.74) is 3.32. The molecule has 2 N–H and O–H groups in total. The van der Waals surface area contributed by atoms with Crippen molar-refractivity contribution in [2.75, 3.05) is 20.8 Å². The molecule has 8 heteroatoms. The predicted octanol–water partition coefficient (Wildman–Crippen LogP) is 3.23. The number of carbonyl (C=O) groups excluding carboxylic acids is 1. The number of hydrogen-bond acceptors (Lipinski definition) is 6. The minimum atomic E-state index is -0.417. The number of nitrogens with zero attached hydrogens (tertiary/aromatic N) is 1. The zero-order valence-corrected chi connectivity index (χ0v) is 15.3. The molecule has 0 saturated carbocycles. The van der Waals surface area contributed by atoms with Crippen LogP contribution in [0, 0.1) is 0 Å². The minimum absolute atomic E-state index is 0.119. The molecule has 0 aliphatic carbocycles. The quantitative estimate of drug-likeness (QED) is 0.570. The van der Waals surface area contributed by atoms with Crippen LogP contribution in [0.15, 0.2) is 35.4 Å². The van der Waals surface area contributed by atoms with Crippen LogP contribution in [0.4, 0.5) is 0 Å². The molecule has 2 aromatic rings. The first-order valence-electron chi connectivity index (χ1n) is 7.70. The van der Waals surface area contributed by atoms with Gasteiger partial charge in [-0.2, -0.15) is 5.10 Å². The molecule has 26 heavy (non-hydrogen) atoms. The van der Waals surface area contributed by atoms with Gasteiger partial charge in [0.1, 0.15) is 0 Å².